The SMILES string of the molecule is c1ccc2c(OC3CCOC3)ccnc2c1. The summed E-state index contributed by atoms with van der Waals surface area (Å²) in [6.07, 6.45) is 2.94. The van der Waals surface area contributed by atoms with Crippen LogP contribution in [0.1, 0.15) is 6.42 Å². The van der Waals surface area contributed by atoms with Crippen LogP contribution in [0.25, 0.3) is 10.9 Å². The molecule has 0 bridgehead atoms. The molecule has 1 aromatic heterocycles. The largest absolute Gasteiger partial charge is 0.487 e. The van der Waals surface area contributed by atoms with Gasteiger partial charge in [0.1, 0.15) is 11.9 Å². The quantitative estimate of drug-likeness (QED) is 0.770. The molecule has 1 fully saturated rings. The van der Waals surface area contributed by atoms with Gasteiger partial charge < -0.3 is 9.47 Å². The Kier molecular flexibility index (Phi) is 2.46. The van der Waals surface area contributed by atoms with Crippen LogP contribution in [0.5, 0.6) is 5.75 Å². The van der Waals surface area contributed by atoms with Gasteiger partial charge in [-0.25, -0.2) is 0 Å². The third-order valence-corrected chi connectivity index (χ3v) is 2.79. The van der Waals surface area contributed by atoms with Crippen molar-refractivity contribution in [3.8, 4) is 5.75 Å². The van der Waals surface area contributed by atoms with Crippen molar-refractivity contribution in [2.45, 2.75) is 12.5 Å². The lowest BCUT2D eigenvalue weighted by molar-refractivity contribution is 0.142. The zero-order valence-electron chi connectivity index (χ0n) is 8.93. The molecule has 82 valence electrons. The zero-order valence-corrected chi connectivity index (χ0v) is 8.93. The molecule has 0 saturated carbocycles. The molecule has 0 spiro atoms. The first kappa shape index (κ1) is 9.60. The highest BCUT2D eigenvalue weighted by Crippen LogP contribution is 2.25. The average Bonchev–Trinajstić information content (AvgIpc) is 2.82. The number of hydrogen-bond donors (Lipinski definition) is 0. The molecule has 3 heteroatoms. The first-order valence-corrected chi connectivity index (χ1v) is 5.51. The Hall–Kier alpha value is -1.61. The summed E-state index contributed by atoms with van der Waals surface area (Å²) in [6.45, 7) is 1.49. The second-order valence-electron chi connectivity index (χ2n) is 3.93. The molecule has 0 amide bonds. The van der Waals surface area contributed by atoms with Crippen molar-refractivity contribution < 1.29 is 9.47 Å². The lowest BCUT2D eigenvalue weighted by atomic mass is 10.2. The van der Waals surface area contributed by atoms with Gasteiger partial charge in [0.25, 0.3) is 0 Å². The van der Waals surface area contributed by atoms with Gasteiger partial charge in [0.2, 0.25) is 0 Å². The third kappa shape index (κ3) is 1.74. The maximum absolute atomic E-state index is 5.92. The van der Waals surface area contributed by atoms with Gasteiger partial charge in [0.05, 0.1) is 18.7 Å². The fourth-order valence-electron chi connectivity index (χ4n) is 1.96. The molecule has 1 saturated heterocycles. The van der Waals surface area contributed by atoms with E-state index in [4.69, 9.17) is 9.47 Å². The molecule has 0 radical (unpaired) electrons. The molecular weight excluding hydrogens is 202 g/mol. The molecule has 1 aliphatic rings. The number of aromatic nitrogens is 1. The number of nitrogens with zero attached hydrogens (tertiary/aromatic N) is 1. The number of fused-ring (bicyclic) bond motifs is 1. The predicted octanol–water partition coefficient (Wildman–Crippen LogP) is 2.40. The molecule has 1 aliphatic heterocycles. The highest BCUT2D eigenvalue weighted by atomic mass is 16.5. The van der Waals surface area contributed by atoms with Gasteiger partial charge in [-0.3, -0.25) is 4.98 Å². The summed E-state index contributed by atoms with van der Waals surface area (Å²) in [6, 6.07) is 9.93. The molecule has 16 heavy (non-hydrogen) atoms. The van der Waals surface area contributed by atoms with E-state index in [0.29, 0.717) is 6.61 Å². The Morgan fingerprint density at radius 2 is 2.19 bits per heavy atom. The summed E-state index contributed by atoms with van der Waals surface area (Å²) >= 11 is 0. The van der Waals surface area contributed by atoms with E-state index in [0.717, 1.165) is 29.7 Å². The Bertz CT molecular complexity index is 487. The Morgan fingerprint density at radius 1 is 1.25 bits per heavy atom. The molecule has 3 rings (SSSR count). The molecule has 3 nitrogen and oxygen atoms in total. The maximum atomic E-state index is 5.92. The Morgan fingerprint density at radius 3 is 3.06 bits per heavy atom. The molecule has 1 atom stereocenters. The molecule has 1 aromatic carbocycles. The first-order valence-electron chi connectivity index (χ1n) is 5.51. The molecular formula is C13H13NO2. The second kappa shape index (κ2) is 4.10. The lowest BCUT2D eigenvalue weighted by Gasteiger charge is -2.13. The third-order valence-electron chi connectivity index (χ3n) is 2.79. The number of pyridine rings is 1. The van der Waals surface area contributed by atoms with Crippen LogP contribution >= 0.6 is 0 Å². The van der Waals surface area contributed by atoms with E-state index in [1.54, 1.807) is 6.20 Å². The molecule has 2 heterocycles. The maximum Gasteiger partial charge on any atom is 0.130 e. The van der Waals surface area contributed by atoms with Crippen LogP contribution in [0, 0.1) is 0 Å². The van der Waals surface area contributed by atoms with Crippen LogP contribution in [0.4, 0.5) is 0 Å². The summed E-state index contributed by atoms with van der Waals surface area (Å²) < 4.78 is 11.2. The molecule has 0 N–H and O–H groups in total. The number of benzene rings is 1. The van der Waals surface area contributed by atoms with Crippen LogP contribution in [-0.2, 0) is 4.74 Å². The van der Waals surface area contributed by atoms with Crippen LogP contribution in [0.3, 0.4) is 0 Å². The van der Waals surface area contributed by atoms with Gasteiger partial charge in [-0.2, -0.15) is 0 Å². The van der Waals surface area contributed by atoms with Crippen LogP contribution < -0.4 is 4.74 Å². The Balaban J connectivity index is 1.96. The van der Waals surface area contributed by atoms with Crippen molar-refractivity contribution in [1.29, 1.82) is 0 Å². The monoisotopic (exact) mass is 215 g/mol. The van der Waals surface area contributed by atoms with Crippen molar-refractivity contribution in [3.05, 3.63) is 36.5 Å². The number of rotatable bonds is 2. The van der Waals surface area contributed by atoms with Gasteiger partial charge in [0.15, 0.2) is 0 Å². The van der Waals surface area contributed by atoms with Crippen LogP contribution in [-0.4, -0.2) is 24.3 Å². The van der Waals surface area contributed by atoms with Gasteiger partial charge in [-0.1, -0.05) is 12.1 Å². The van der Waals surface area contributed by atoms with Crippen molar-refractivity contribution in [1.82, 2.24) is 4.98 Å². The minimum absolute atomic E-state index is 0.186. The summed E-state index contributed by atoms with van der Waals surface area (Å²) in [5, 5.41) is 1.07. The molecule has 0 aliphatic carbocycles. The van der Waals surface area contributed by atoms with E-state index in [-0.39, 0.29) is 6.10 Å². The van der Waals surface area contributed by atoms with Gasteiger partial charge in [-0.05, 0) is 18.2 Å². The van der Waals surface area contributed by atoms with E-state index in [9.17, 15) is 0 Å². The number of para-hydroxylation sites is 1. The topological polar surface area (TPSA) is 31.4 Å². The molecule has 2 aromatic rings. The van der Waals surface area contributed by atoms with E-state index in [1.807, 2.05) is 30.3 Å². The normalized spacial score (nSPS) is 20.1. The van der Waals surface area contributed by atoms with Crippen molar-refractivity contribution >= 4 is 10.9 Å². The van der Waals surface area contributed by atoms with Crippen molar-refractivity contribution in [3.63, 3.8) is 0 Å². The summed E-state index contributed by atoms with van der Waals surface area (Å²) in [5.74, 6) is 0.904. The first-order chi connectivity index (χ1) is 7.93. The summed E-state index contributed by atoms with van der Waals surface area (Å²) in [7, 11) is 0. The lowest BCUT2D eigenvalue weighted by Crippen LogP contribution is -2.15. The highest BCUT2D eigenvalue weighted by molar-refractivity contribution is 5.84. The minimum Gasteiger partial charge on any atom is -0.487 e. The predicted molar refractivity (Wildman–Crippen MR) is 61.6 cm³/mol. The summed E-state index contributed by atoms with van der Waals surface area (Å²) in [4.78, 5) is 4.31. The second-order valence-corrected chi connectivity index (χ2v) is 3.93. The fourth-order valence-corrected chi connectivity index (χ4v) is 1.96. The van der Waals surface area contributed by atoms with Crippen molar-refractivity contribution in [2.24, 2.45) is 0 Å². The van der Waals surface area contributed by atoms with Crippen LogP contribution in [0.2, 0.25) is 0 Å². The van der Waals surface area contributed by atoms with Crippen molar-refractivity contribution in [2.75, 3.05) is 13.2 Å². The van der Waals surface area contributed by atoms with E-state index >= 15 is 0 Å². The van der Waals surface area contributed by atoms with E-state index in [2.05, 4.69) is 4.98 Å². The fraction of sp³-hybridized carbons (Fsp3) is 0.308. The van der Waals surface area contributed by atoms with Gasteiger partial charge in [0, 0.05) is 18.0 Å². The van der Waals surface area contributed by atoms with Gasteiger partial charge >= 0.3 is 0 Å². The van der Waals surface area contributed by atoms with Gasteiger partial charge in [-0.15, -0.1) is 0 Å². The van der Waals surface area contributed by atoms with E-state index in [1.165, 1.54) is 0 Å². The number of hydrogen-bond acceptors (Lipinski definition) is 3. The van der Waals surface area contributed by atoms with Crippen LogP contribution in [0.15, 0.2) is 36.5 Å². The zero-order chi connectivity index (χ0) is 10.8. The molecule has 1 unspecified atom stereocenters. The minimum atomic E-state index is 0.186. The summed E-state index contributed by atoms with van der Waals surface area (Å²) in [5.41, 5.74) is 0.971. The van der Waals surface area contributed by atoms with E-state index < -0.39 is 0 Å². The Labute approximate surface area is 94.0 Å². The smallest absolute Gasteiger partial charge is 0.130 e. The highest BCUT2D eigenvalue weighted by Gasteiger charge is 2.17. The standard InChI is InChI=1S/C13H13NO2/c1-2-4-12-11(3-1)13(5-7-14-12)16-10-6-8-15-9-10/h1-5,7,10H,6,8-9H2. The average molecular weight is 215 g/mol. The number of ether oxygens (including phenoxy) is 2.